The Hall–Kier alpha value is -2.48. The summed E-state index contributed by atoms with van der Waals surface area (Å²) in [4.78, 5) is 4.18. The molecule has 1 aliphatic rings. The molecular formula is C16H8BrF3N2O2. The maximum atomic E-state index is 13.9. The molecular weight excluding hydrogens is 389 g/mol. The average Bonchev–Trinajstić information content (AvgIpc) is 3.04. The van der Waals surface area contributed by atoms with E-state index in [2.05, 4.69) is 26.2 Å². The number of halogens is 4. The minimum Gasteiger partial charge on any atom is -0.454 e. The van der Waals surface area contributed by atoms with Crippen LogP contribution in [0.2, 0.25) is 0 Å². The van der Waals surface area contributed by atoms with Gasteiger partial charge in [0.2, 0.25) is 6.79 Å². The molecule has 122 valence electrons. The van der Waals surface area contributed by atoms with E-state index < -0.39 is 17.5 Å². The van der Waals surface area contributed by atoms with Gasteiger partial charge < -0.3 is 14.8 Å². The van der Waals surface area contributed by atoms with E-state index in [4.69, 9.17) is 9.47 Å². The van der Waals surface area contributed by atoms with Crippen molar-refractivity contribution < 1.29 is 22.6 Å². The van der Waals surface area contributed by atoms with Gasteiger partial charge in [-0.25, -0.2) is 18.2 Å². The Morgan fingerprint density at radius 3 is 2.46 bits per heavy atom. The van der Waals surface area contributed by atoms with Crippen molar-refractivity contribution in [3.8, 4) is 11.5 Å². The van der Waals surface area contributed by atoms with Gasteiger partial charge in [0.15, 0.2) is 29.0 Å². The molecule has 3 aromatic rings. The zero-order valence-electron chi connectivity index (χ0n) is 11.9. The molecule has 0 fully saturated rings. The lowest BCUT2D eigenvalue weighted by atomic mass is 10.1. The number of hydrogen-bond donors (Lipinski definition) is 1. The lowest BCUT2D eigenvalue weighted by Crippen LogP contribution is -2.01. The predicted molar refractivity (Wildman–Crippen MR) is 85.2 cm³/mol. The molecule has 8 heteroatoms. The summed E-state index contributed by atoms with van der Waals surface area (Å²) in [5.74, 6) is -2.73. The van der Waals surface area contributed by atoms with E-state index in [1.807, 2.05) is 0 Å². The van der Waals surface area contributed by atoms with Gasteiger partial charge in [0.1, 0.15) is 5.82 Å². The molecule has 2 aromatic carbocycles. The van der Waals surface area contributed by atoms with E-state index in [0.717, 1.165) is 17.5 Å². The Morgan fingerprint density at radius 2 is 1.71 bits per heavy atom. The first-order chi connectivity index (χ1) is 11.5. The van der Waals surface area contributed by atoms with Crippen molar-refractivity contribution in [2.75, 3.05) is 12.1 Å². The number of anilines is 2. The molecule has 4 rings (SSSR count). The molecule has 0 amide bonds. The molecule has 1 N–H and O–H groups in total. The van der Waals surface area contributed by atoms with Crippen LogP contribution in [-0.2, 0) is 0 Å². The Bertz CT molecular complexity index is 981. The largest absolute Gasteiger partial charge is 0.454 e. The average molecular weight is 397 g/mol. The Balaban J connectivity index is 1.86. The molecule has 24 heavy (non-hydrogen) atoms. The molecule has 0 spiro atoms. The van der Waals surface area contributed by atoms with Crippen LogP contribution in [0.3, 0.4) is 0 Å². The van der Waals surface area contributed by atoms with Crippen LogP contribution in [-0.4, -0.2) is 11.8 Å². The summed E-state index contributed by atoms with van der Waals surface area (Å²) in [6.07, 6.45) is 1.52. The summed E-state index contributed by atoms with van der Waals surface area (Å²) < 4.78 is 51.7. The van der Waals surface area contributed by atoms with Gasteiger partial charge in [-0.05, 0) is 40.2 Å². The first-order valence-corrected chi connectivity index (χ1v) is 7.62. The van der Waals surface area contributed by atoms with Gasteiger partial charge in [-0.15, -0.1) is 0 Å². The molecule has 0 saturated heterocycles. The van der Waals surface area contributed by atoms with Crippen LogP contribution in [0.15, 0.2) is 34.9 Å². The summed E-state index contributed by atoms with van der Waals surface area (Å²) in [6, 6.07) is 5.40. The van der Waals surface area contributed by atoms with Crippen molar-refractivity contribution in [2.45, 2.75) is 0 Å². The predicted octanol–water partition coefficient (Wildman–Crippen LogP) is 4.89. The van der Waals surface area contributed by atoms with E-state index in [9.17, 15) is 13.2 Å². The number of rotatable bonds is 2. The zero-order valence-corrected chi connectivity index (χ0v) is 13.5. The zero-order chi connectivity index (χ0) is 16.8. The molecule has 0 aliphatic carbocycles. The molecule has 4 nitrogen and oxygen atoms in total. The van der Waals surface area contributed by atoms with E-state index in [-0.39, 0.29) is 18.3 Å². The molecule has 0 radical (unpaired) electrons. The third-order valence-electron chi connectivity index (χ3n) is 3.62. The second-order valence-electron chi connectivity index (χ2n) is 5.05. The van der Waals surface area contributed by atoms with Crippen LogP contribution in [0, 0.1) is 17.5 Å². The van der Waals surface area contributed by atoms with Crippen LogP contribution in [0.5, 0.6) is 11.5 Å². The van der Waals surface area contributed by atoms with Crippen LogP contribution in [0.1, 0.15) is 0 Å². The van der Waals surface area contributed by atoms with E-state index in [1.54, 1.807) is 12.1 Å². The molecule has 1 aromatic heterocycles. The second-order valence-corrected chi connectivity index (χ2v) is 5.91. The third kappa shape index (κ3) is 2.34. The van der Waals surface area contributed by atoms with Crippen molar-refractivity contribution >= 4 is 38.2 Å². The second kappa shape index (κ2) is 5.55. The van der Waals surface area contributed by atoms with Crippen LogP contribution in [0.25, 0.3) is 10.8 Å². The first-order valence-electron chi connectivity index (χ1n) is 6.83. The number of nitrogens with one attached hydrogen (secondary N) is 1. The summed E-state index contributed by atoms with van der Waals surface area (Å²) in [5, 5.41) is 4.05. The molecule has 0 bridgehead atoms. The number of pyridine rings is 1. The van der Waals surface area contributed by atoms with Crippen molar-refractivity contribution in [1.29, 1.82) is 0 Å². The number of nitrogens with zero attached hydrogens (tertiary/aromatic N) is 1. The standard InChI is InChI=1S/C16H8BrF3N2O2/c17-9-5-21-16(22-11-2-1-10(18)14(19)15(11)20)8-4-13-12(3-7(8)9)23-6-24-13/h1-5H,6H2,(H,21,22). The smallest absolute Gasteiger partial charge is 0.231 e. The number of fused-ring (bicyclic) bond motifs is 2. The summed E-state index contributed by atoms with van der Waals surface area (Å²) in [7, 11) is 0. The highest BCUT2D eigenvalue weighted by atomic mass is 79.9. The quantitative estimate of drug-likeness (QED) is 0.626. The lowest BCUT2D eigenvalue weighted by molar-refractivity contribution is 0.174. The number of benzene rings is 2. The molecule has 0 saturated carbocycles. The van der Waals surface area contributed by atoms with Gasteiger partial charge in [-0.3, -0.25) is 0 Å². The van der Waals surface area contributed by atoms with Gasteiger partial charge >= 0.3 is 0 Å². The molecule has 0 unspecified atom stereocenters. The van der Waals surface area contributed by atoms with E-state index in [0.29, 0.717) is 21.4 Å². The van der Waals surface area contributed by atoms with Crippen LogP contribution in [0.4, 0.5) is 24.7 Å². The van der Waals surface area contributed by atoms with E-state index in [1.165, 1.54) is 6.20 Å². The summed E-state index contributed by atoms with van der Waals surface area (Å²) in [5.41, 5.74) is -0.220. The minimum atomic E-state index is -1.54. The van der Waals surface area contributed by atoms with E-state index >= 15 is 0 Å². The van der Waals surface area contributed by atoms with Gasteiger partial charge in [0.05, 0.1) is 5.69 Å². The highest BCUT2D eigenvalue weighted by Crippen LogP contribution is 2.41. The Morgan fingerprint density at radius 1 is 1.00 bits per heavy atom. The number of hydrogen-bond acceptors (Lipinski definition) is 4. The highest BCUT2D eigenvalue weighted by Gasteiger charge is 2.19. The van der Waals surface area contributed by atoms with Gasteiger partial charge in [0.25, 0.3) is 0 Å². The lowest BCUT2D eigenvalue weighted by Gasteiger charge is -2.12. The van der Waals surface area contributed by atoms with Crippen molar-refractivity contribution in [3.63, 3.8) is 0 Å². The maximum Gasteiger partial charge on any atom is 0.231 e. The summed E-state index contributed by atoms with van der Waals surface area (Å²) >= 11 is 3.39. The minimum absolute atomic E-state index is 0.108. The fourth-order valence-electron chi connectivity index (χ4n) is 2.45. The van der Waals surface area contributed by atoms with Gasteiger partial charge in [-0.2, -0.15) is 0 Å². The fraction of sp³-hybridized carbons (Fsp3) is 0.0625. The molecule has 2 heterocycles. The normalized spacial score (nSPS) is 12.7. The van der Waals surface area contributed by atoms with Crippen molar-refractivity contribution in [2.24, 2.45) is 0 Å². The monoisotopic (exact) mass is 396 g/mol. The fourth-order valence-corrected chi connectivity index (χ4v) is 2.88. The van der Waals surface area contributed by atoms with Crippen molar-refractivity contribution in [3.05, 3.63) is 52.4 Å². The topological polar surface area (TPSA) is 43.4 Å². The molecule has 1 aliphatic heterocycles. The summed E-state index contributed by atoms with van der Waals surface area (Å²) in [6.45, 7) is 0.108. The van der Waals surface area contributed by atoms with Crippen LogP contribution < -0.4 is 14.8 Å². The third-order valence-corrected chi connectivity index (χ3v) is 4.25. The molecule has 0 atom stereocenters. The first kappa shape index (κ1) is 15.1. The Kier molecular flexibility index (Phi) is 3.49. The van der Waals surface area contributed by atoms with Gasteiger partial charge in [-0.1, -0.05) is 0 Å². The SMILES string of the molecule is Fc1ccc(Nc2ncc(Br)c3cc4c(cc23)OCO4)c(F)c1F. The maximum absolute atomic E-state index is 13.9. The van der Waals surface area contributed by atoms with Gasteiger partial charge in [0, 0.05) is 21.4 Å². The van der Waals surface area contributed by atoms with Crippen molar-refractivity contribution in [1.82, 2.24) is 4.98 Å². The van der Waals surface area contributed by atoms with Crippen LogP contribution >= 0.6 is 15.9 Å². The number of ether oxygens (including phenoxy) is 2. The Labute approximate surface area is 142 Å². The number of aromatic nitrogens is 1. The highest BCUT2D eigenvalue weighted by molar-refractivity contribution is 9.10.